The number of carbonyl (C=O) groups is 1. The average molecular weight is 294 g/mol. The molecule has 0 amide bonds. The highest BCUT2D eigenvalue weighted by Crippen LogP contribution is 2.42. The van der Waals surface area contributed by atoms with Gasteiger partial charge in [0.2, 0.25) is 0 Å². The summed E-state index contributed by atoms with van der Waals surface area (Å²) >= 11 is 0. The summed E-state index contributed by atoms with van der Waals surface area (Å²) < 4.78 is 24.2. The largest absolute Gasteiger partial charge is 0.463 e. The van der Waals surface area contributed by atoms with Crippen LogP contribution in [0.4, 0.5) is 4.39 Å². The fourth-order valence-electron chi connectivity index (χ4n) is 2.93. The highest BCUT2D eigenvalue weighted by molar-refractivity contribution is 5.83. The van der Waals surface area contributed by atoms with Gasteiger partial charge in [-0.3, -0.25) is 4.79 Å². The van der Waals surface area contributed by atoms with Crippen molar-refractivity contribution in [3.63, 3.8) is 0 Å². The van der Waals surface area contributed by atoms with Gasteiger partial charge in [-0.15, -0.1) is 0 Å². The van der Waals surface area contributed by atoms with Crippen LogP contribution in [0.25, 0.3) is 0 Å². The molecule has 0 saturated heterocycles. The van der Waals surface area contributed by atoms with Crippen molar-refractivity contribution in [3.05, 3.63) is 35.6 Å². The Morgan fingerprint density at radius 1 is 1.29 bits per heavy atom. The summed E-state index contributed by atoms with van der Waals surface area (Å²) in [7, 11) is 0. The van der Waals surface area contributed by atoms with E-state index >= 15 is 0 Å². The highest BCUT2D eigenvalue weighted by atomic mass is 19.1. The highest BCUT2D eigenvalue weighted by Gasteiger charge is 2.44. The lowest BCUT2D eigenvalue weighted by molar-refractivity contribution is -0.152. The van der Waals surface area contributed by atoms with Crippen molar-refractivity contribution >= 4 is 5.97 Å². The Hall–Kier alpha value is -1.42. The summed E-state index contributed by atoms with van der Waals surface area (Å²) in [6, 6.07) is 6.32. The third-order valence-corrected chi connectivity index (χ3v) is 3.99. The van der Waals surface area contributed by atoms with Crippen molar-refractivity contribution in [1.82, 2.24) is 0 Å². The van der Waals surface area contributed by atoms with Crippen LogP contribution in [-0.2, 0) is 19.7 Å². The number of hydrogen-bond donors (Lipinski definition) is 0. The van der Waals surface area contributed by atoms with E-state index in [2.05, 4.69) is 0 Å². The third-order valence-electron chi connectivity index (χ3n) is 3.99. The molecule has 0 radical (unpaired) electrons. The fraction of sp³-hybridized carbons (Fsp3) is 0.588. The number of hydrogen-bond acceptors (Lipinski definition) is 3. The maximum atomic E-state index is 13.5. The van der Waals surface area contributed by atoms with Crippen LogP contribution in [-0.4, -0.2) is 25.3 Å². The molecule has 1 aromatic carbocycles. The molecule has 1 aliphatic rings. The Labute approximate surface area is 125 Å². The van der Waals surface area contributed by atoms with Crippen molar-refractivity contribution in [1.29, 1.82) is 0 Å². The number of halogens is 1. The molecule has 2 rings (SSSR count). The van der Waals surface area contributed by atoms with Crippen molar-refractivity contribution in [2.24, 2.45) is 0 Å². The van der Waals surface area contributed by atoms with Crippen molar-refractivity contribution in [3.8, 4) is 0 Å². The molecule has 1 fully saturated rings. The molecular weight excluding hydrogens is 271 g/mol. The number of rotatable bonds is 6. The minimum Gasteiger partial charge on any atom is -0.463 e. The van der Waals surface area contributed by atoms with Crippen LogP contribution in [0.15, 0.2) is 24.3 Å². The van der Waals surface area contributed by atoms with E-state index in [0.717, 1.165) is 31.2 Å². The van der Waals surface area contributed by atoms with E-state index in [1.54, 1.807) is 6.07 Å². The Balaban J connectivity index is 2.06. The second-order valence-corrected chi connectivity index (χ2v) is 5.86. The summed E-state index contributed by atoms with van der Waals surface area (Å²) in [5.74, 6) is -0.562. The number of ether oxygens (including phenoxy) is 2. The number of benzene rings is 1. The van der Waals surface area contributed by atoms with Crippen LogP contribution in [0.1, 0.15) is 45.1 Å². The summed E-state index contributed by atoms with van der Waals surface area (Å²) in [4.78, 5) is 12.5. The molecule has 4 heteroatoms. The molecule has 3 nitrogen and oxygen atoms in total. The molecule has 0 spiro atoms. The Morgan fingerprint density at radius 2 is 2.00 bits per heavy atom. The molecule has 1 saturated carbocycles. The van der Waals surface area contributed by atoms with Gasteiger partial charge < -0.3 is 9.47 Å². The van der Waals surface area contributed by atoms with Gasteiger partial charge in [-0.25, -0.2) is 4.39 Å². The summed E-state index contributed by atoms with van der Waals surface area (Å²) in [6.45, 7) is 4.51. The minimum absolute atomic E-state index is 0.118. The summed E-state index contributed by atoms with van der Waals surface area (Å²) in [5, 5.41) is 0. The van der Waals surface area contributed by atoms with E-state index in [4.69, 9.17) is 9.47 Å². The van der Waals surface area contributed by atoms with Crippen molar-refractivity contribution in [2.75, 3.05) is 13.2 Å². The van der Waals surface area contributed by atoms with E-state index in [1.165, 1.54) is 12.1 Å². The number of carbonyl (C=O) groups excluding carboxylic acids is 1. The van der Waals surface area contributed by atoms with Gasteiger partial charge in [0.25, 0.3) is 0 Å². The first-order valence-corrected chi connectivity index (χ1v) is 7.59. The Kier molecular flexibility index (Phi) is 5.34. The van der Waals surface area contributed by atoms with Crippen LogP contribution >= 0.6 is 0 Å². The predicted molar refractivity (Wildman–Crippen MR) is 78.6 cm³/mol. The maximum Gasteiger partial charge on any atom is 0.316 e. The van der Waals surface area contributed by atoms with Crippen molar-refractivity contribution in [2.45, 2.75) is 51.0 Å². The lowest BCUT2D eigenvalue weighted by Crippen LogP contribution is -2.35. The Bertz CT molecular complexity index is 479. The number of esters is 1. The quantitative estimate of drug-likeness (QED) is 0.594. The first-order chi connectivity index (χ1) is 10.0. The SMILES string of the molecule is CC(C)OCCOC(=O)C1(c2cccc(F)c2)CCCC1. The van der Waals surface area contributed by atoms with Crippen LogP contribution < -0.4 is 0 Å². The molecule has 0 unspecified atom stereocenters. The van der Waals surface area contributed by atoms with E-state index in [9.17, 15) is 9.18 Å². The smallest absolute Gasteiger partial charge is 0.316 e. The zero-order valence-electron chi connectivity index (χ0n) is 12.7. The second-order valence-electron chi connectivity index (χ2n) is 5.86. The molecule has 0 N–H and O–H groups in total. The van der Waals surface area contributed by atoms with Crippen LogP contribution in [0.2, 0.25) is 0 Å². The molecule has 116 valence electrons. The van der Waals surface area contributed by atoms with E-state index in [0.29, 0.717) is 6.61 Å². The van der Waals surface area contributed by atoms with Crippen LogP contribution in [0, 0.1) is 5.82 Å². The fourth-order valence-corrected chi connectivity index (χ4v) is 2.93. The minimum atomic E-state index is -0.681. The molecule has 1 aliphatic carbocycles. The molecule has 0 aromatic heterocycles. The normalized spacial score (nSPS) is 17.1. The Morgan fingerprint density at radius 3 is 2.62 bits per heavy atom. The molecule has 0 heterocycles. The van der Waals surface area contributed by atoms with E-state index in [-0.39, 0.29) is 24.5 Å². The van der Waals surface area contributed by atoms with Gasteiger partial charge in [0, 0.05) is 0 Å². The van der Waals surface area contributed by atoms with Gasteiger partial charge in [-0.05, 0) is 44.4 Å². The molecular formula is C17H23FO3. The third kappa shape index (κ3) is 3.82. The van der Waals surface area contributed by atoms with E-state index < -0.39 is 5.41 Å². The standard InChI is InChI=1S/C17H23FO3/c1-13(2)20-10-11-21-16(19)17(8-3-4-9-17)14-6-5-7-15(18)12-14/h5-7,12-13H,3-4,8-11H2,1-2H3. The van der Waals surface area contributed by atoms with Gasteiger partial charge in [-0.2, -0.15) is 0 Å². The zero-order valence-corrected chi connectivity index (χ0v) is 12.7. The van der Waals surface area contributed by atoms with Gasteiger partial charge in [0.1, 0.15) is 12.4 Å². The topological polar surface area (TPSA) is 35.5 Å². The zero-order chi connectivity index (χ0) is 15.3. The molecule has 1 aromatic rings. The average Bonchev–Trinajstić information content (AvgIpc) is 2.94. The monoisotopic (exact) mass is 294 g/mol. The molecule has 0 aliphatic heterocycles. The second kappa shape index (κ2) is 7.03. The van der Waals surface area contributed by atoms with Gasteiger partial charge in [0.05, 0.1) is 18.1 Å². The van der Waals surface area contributed by atoms with Gasteiger partial charge >= 0.3 is 5.97 Å². The first-order valence-electron chi connectivity index (χ1n) is 7.59. The first kappa shape index (κ1) is 16.0. The molecule has 21 heavy (non-hydrogen) atoms. The van der Waals surface area contributed by atoms with E-state index in [1.807, 2.05) is 19.9 Å². The van der Waals surface area contributed by atoms with Crippen molar-refractivity contribution < 1.29 is 18.7 Å². The van der Waals surface area contributed by atoms with Gasteiger partial charge in [-0.1, -0.05) is 25.0 Å². The molecule has 0 bridgehead atoms. The van der Waals surface area contributed by atoms with Crippen LogP contribution in [0.5, 0.6) is 0 Å². The summed E-state index contributed by atoms with van der Waals surface area (Å²) in [5.41, 5.74) is 0.0507. The van der Waals surface area contributed by atoms with Crippen LogP contribution in [0.3, 0.4) is 0 Å². The summed E-state index contributed by atoms with van der Waals surface area (Å²) in [6.07, 6.45) is 3.50. The van der Waals surface area contributed by atoms with Gasteiger partial charge in [0.15, 0.2) is 0 Å². The predicted octanol–water partition coefficient (Wildman–Crippen LogP) is 3.61. The maximum absolute atomic E-state index is 13.5. The molecule has 0 atom stereocenters. The lowest BCUT2D eigenvalue weighted by Gasteiger charge is -2.27. The lowest BCUT2D eigenvalue weighted by atomic mass is 9.79.